The summed E-state index contributed by atoms with van der Waals surface area (Å²) in [6, 6.07) is 22.6. The van der Waals surface area contributed by atoms with E-state index in [1.807, 2.05) is 54.6 Å². The molecular formula is C21H14N6O. The number of benzene rings is 3. The number of aromatic amines is 1. The number of hydrogen-bond donors (Lipinski definition) is 2. The van der Waals surface area contributed by atoms with E-state index in [1.54, 1.807) is 18.2 Å². The van der Waals surface area contributed by atoms with E-state index in [2.05, 4.69) is 30.7 Å². The molecule has 2 heterocycles. The van der Waals surface area contributed by atoms with Gasteiger partial charge >= 0.3 is 0 Å². The average Bonchev–Trinajstić information content (AvgIpc) is 3.16. The van der Waals surface area contributed by atoms with Gasteiger partial charge in [-0.1, -0.05) is 36.4 Å². The molecule has 2 N–H and O–H groups in total. The van der Waals surface area contributed by atoms with Gasteiger partial charge in [0.15, 0.2) is 11.6 Å². The van der Waals surface area contributed by atoms with Gasteiger partial charge < -0.3 is 5.32 Å². The van der Waals surface area contributed by atoms with Crippen LogP contribution in [0.5, 0.6) is 0 Å². The molecule has 134 valence electrons. The highest BCUT2D eigenvalue weighted by molar-refractivity contribution is 5.97. The van der Waals surface area contributed by atoms with E-state index in [1.165, 1.54) is 0 Å². The number of fused-ring (bicyclic) bond motifs is 2. The Morgan fingerprint density at radius 1 is 0.786 bits per heavy atom. The number of nitroso groups, excluding NO2 is 1. The van der Waals surface area contributed by atoms with Crippen molar-refractivity contribution < 1.29 is 0 Å². The SMILES string of the molecule is O=Nc1ccccc1-c1nc(Nc2n[nH]c3ccccc23)c2ccccc2n1. The first kappa shape index (κ1) is 16.1. The van der Waals surface area contributed by atoms with Crippen LogP contribution in [0.2, 0.25) is 0 Å². The Morgan fingerprint density at radius 2 is 1.54 bits per heavy atom. The van der Waals surface area contributed by atoms with E-state index < -0.39 is 0 Å². The van der Waals surface area contributed by atoms with E-state index in [9.17, 15) is 4.91 Å². The van der Waals surface area contributed by atoms with Crippen LogP contribution in [-0.2, 0) is 0 Å². The minimum Gasteiger partial charge on any atom is -0.322 e. The van der Waals surface area contributed by atoms with Crippen LogP contribution < -0.4 is 5.32 Å². The summed E-state index contributed by atoms with van der Waals surface area (Å²) >= 11 is 0. The van der Waals surface area contributed by atoms with Crippen molar-refractivity contribution in [3.63, 3.8) is 0 Å². The quantitative estimate of drug-likeness (QED) is 0.420. The van der Waals surface area contributed by atoms with Crippen LogP contribution in [0.1, 0.15) is 0 Å². The predicted octanol–water partition coefficient (Wildman–Crippen LogP) is 5.31. The molecule has 0 radical (unpaired) electrons. The van der Waals surface area contributed by atoms with Gasteiger partial charge in [0.25, 0.3) is 0 Å². The van der Waals surface area contributed by atoms with Crippen LogP contribution in [-0.4, -0.2) is 20.2 Å². The Balaban J connectivity index is 1.70. The molecule has 0 saturated carbocycles. The zero-order valence-corrected chi connectivity index (χ0v) is 14.6. The first-order valence-electron chi connectivity index (χ1n) is 8.73. The Hall–Kier alpha value is -4.13. The molecule has 0 atom stereocenters. The number of nitrogens with zero attached hydrogens (tertiary/aromatic N) is 4. The van der Waals surface area contributed by atoms with Gasteiger partial charge in [0.1, 0.15) is 11.5 Å². The van der Waals surface area contributed by atoms with E-state index >= 15 is 0 Å². The van der Waals surface area contributed by atoms with E-state index in [0.717, 1.165) is 21.8 Å². The van der Waals surface area contributed by atoms with E-state index in [4.69, 9.17) is 0 Å². The minimum atomic E-state index is 0.300. The number of para-hydroxylation sites is 2. The van der Waals surface area contributed by atoms with Gasteiger partial charge in [0.05, 0.1) is 11.0 Å². The molecule has 0 bridgehead atoms. The zero-order chi connectivity index (χ0) is 18.9. The standard InChI is InChI=1S/C21H14N6O/c28-27-18-12-6-3-9-15(18)19-22-16-10-4-1-7-13(16)20(23-19)24-21-14-8-2-5-11-17(14)25-26-21/h1-12H,(H2,22,23,24,25,26). The number of nitrogens with one attached hydrogen (secondary N) is 2. The van der Waals surface area contributed by atoms with Gasteiger partial charge in [0.2, 0.25) is 0 Å². The van der Waals surface area contributed by atoms with Crippen LogP contribution in [0.25, 0.3) is 33.2 Å². The van der Waals surface area contributed by atoms with Crippen LogP contribution in [0, 0.1) is 4.91 Å². The van der Waals surface area contributed by atoms with E-state index in [0.29, 0.717) is 28.7 Å². The lowest BCUT2D eigenvalue weighted by atomic mass is 10.1. The fourth-order valence-corrected chi connectivity index (χ4v) is 3.21. The normalized spacial score (nSPS) is 11.0. The monoisotopic (exact) mass is 366 g/mol. The lowest BCUT2D eigenvalue weighted by Crippen LogP contribution is -2.00. The summed E-state index contributed by atoms with van der Waals surface area (Å²) in [5.41, 5.74) is 2.57. The first-order chi connectivity index (χ1) is 13.8. The van der Waals surface area contributed by atoms with Crippen molar-refractivity contribution in [1.29, 1.82) is 0 Å². The van der Waals surface area contributed by atoms with Gasteiger partial charge in [-0.25, -0.2) is 9.97 Å². The average molecular weight is 366 g/mol. The summed E-state index contributed by atoms with van der Waals surface area (Å²) in [5.74, 6) is 1.71. The van der Waals surface area contributed by atoms with Crippen molar-refractivity contribution in [3.8, 4) is 11.4 Å². The lowest BCUT2D eigenvalue weighted by molar-refractivity contribution is 1.11. The van der Waals surface area contributed by atoms with Crippen molar-refractivity contribution in [2.24, 2.45) is 5.18 Å². The lowest BCUT2D eigenvalue weighted by Gasteiger charge is -2.10. The molecule has 28 heavy (non-hydrogen) atoms. The Kier molecular flexibility index (Phi) is 3.76. The second-order valence-corrected chi connectivity index (χ2v) is 6.26. The topological polar surface area (TPSA) is 95.9 Å². The van der Waals surface area contributed by atoms with Crippen molar-refractivity contribution in [2.45, 2.75) is 0 Å². The smallest absolute Gasteiger partial charge is 0.164 e. The summed E-state index contributed by atoms with van der Waals surface area (Å²) in [5, 5.41) is 15.6. The van der Waals surface area contributed by atoms with Crippen molar-refractivity contribution in [2.75, 3.05) is 5.32 Å². The second kappa shape index (κ2) is 6.55. The minimum absolute atomic E-state index is 0.300. The molecule has 0 unspecified atom stereocenters. The number of H-pyrrole nitrogens is 1. The molecule has 3 aromatic carbocycles. The molecule has 0 spiro atoms. The van der Waals surface area contributed by atoms with Crippen molar-refractivity contribution >= 4 is 39.1 Å². The van der Waals surface area contributed by atoms with Gasteiger partial charge in [-0.05, 0) is 41.6 Å². The molecule has 0 aliphatic carbocycles. The molecule has 7 nitrogen and oxygen atoms in total. The molecule has 0 amide bonds. The third-order valence-corrected chi connectivity index (χ3v) is 4.55. The fourth-order valence-electron chi connectivity index (χ4n) is 3.21. The Morgan fingerprint density at radius 3 is 2.43 bits per heavy atom. The van der Waals surface area contributed by atoms with E-state index in [-0.39, 0.29) is 0 Å². The molecular weight excluding hydrogens is 352 g/mol. The third-order valence-electron chi connectivity index (χ3n) is 4.55. The van der Waals surface area contributed by atoms with Crippen LogP contribution in [0.3, 0.4) is 0 Å². The largest absolute Gasteiger partial charge is 0.322 e. The molecule has 7 heteroatoms. The van der Waals surface area contributed by atoms with Gasteiger partial charge in [-0.2, -0.15) is 5.10 Å². The Labute approximate surface area is 159 Å². The maximum absolute atomic E-state index is 11.2. The summed E-state index contributed by atoms with van der Waals surface area (Å²) in [7, 11) is 0. The second-order valence-electron chi connectivity index (χ2n) is 6.26. The van der Waals surface area contributed by atoms with Gasteiger partial charge in [-0.15, -0.1) is 4.91 Å². The number of anilines is 2. The molecule has 0 aliphatic rings. The number of aromatic nitrogens is 4. The maximum Gasteiger partial charge on any atom is 0.164 e. The van der Waals surface area contributed by atoms with Crippen molar-refractivity contribution in [3.05, 3.63) is 77.7 Å². The number of hydrogen-bond acceptors (Lipinski definition) is 6. The van der Waals surface area contributed by atoms with Crippen LogP contribution in [0.4, 0.5) is 17.3 Å². The summed E-state index contributed by atoms with van der Waals surface area (Å²) < 4.78 is 0. The molecule has 5 aromatic rings. The van der Waals surface area contributed by atoms with Gasteiger partial charge in [0, 0.05) is 16.3 Å². The maximum atomic E-state index is 11.2. The molecule has 0 fully saturated rings. The highest BCUT2D eigenvalue weighted by Crippen LogP contribution is 2.32. The highest BCUT2D eigenvalue weighted by Gasteiger charge is 2.14. The first-order valence-corrected chi connectivity index (χ1v) is 8.73. The molecule has 5 rings (SSSR count). The molecule has 2 aromatic heterocycles. The Bertz CT molecular complexity index is 1330. The van der Waals surface area contributed by atoms with Crippen molar-refractivity contribution in [1.82, 2.24) is 20.2 Å². The third kappa shape index (κ3) is 2.66. The predicted molar refractivity (Wildman–Crippen MR) is 110 cm³/mol. The summed E-state index contributed by atoms with van der Waals surface area (Å²) in [6.07, 6.45) is 0. The highest BCUT2D eigenvalue weighted by atomic mass is 16.3. The molecule has 0 saturated heterocycles. The summed E-state index contributed by atoms with van der Waals surface area (Å²) in [6.45, 7) is 0. The fraction of sp³-hybridized carbons (Fsp3) is 0. The van der Waals surface area contributed by atoms with Crippen LogP contribution in [0.15, 0.2) is 78.0 Å². The zero-order valence-electron chi connectivity index (χ0n) is 14.6. The molecule has 0 aliphatic heterocycles. The van der Waals surface area contributed by atoms with Gasteiger partial charge in [-0.3, -0.25) is 5.10 Å². The van der Waals surface area contributed by atoms with Crippen LogP contribution >= 0.6 is 0 Å². The summed E-state index contributed by atoms with van der Waals surface area (Å²) in [4.78, 5) is 20.5. The number of rotatable bonds is 4.